The quantitative estimate of drug-likeness (QED) is 0.831. The molecule has 1 aromatic carbocycles. The average molecular weight is 231 g/mol. The largest absolute Gasteiger partial charge is 0.459 e. The van der Waals surface area contributed by atoms with E-state index in [0.717, 1.165) is 17.1 Å². The summed E-state index contributed by atoms with van der Waals surface area (Å²) in [7, 11) is 0. The Balaban J connectivity index is 2.11. The Hall–Kier alpha value is -1.58. The second-order valence-electron chi connectivity index (χ2n) is 3.97. The van der Waals surface area contributed by atoms with Crippen LogP contribution in [0.3, 0.4) is 0 Å². The Morgan fingerprint density at radius 1 is 1.18 bits per heavy atom. The first-order valence-electron chi connectivity index (χ1n) is 5.80. The number of aliphatic hydroxyl groups excluding tert-OH is 1. The molecule has 0 amide bonds. The summed E-state index contributed by atoms with van der Waals surface area (Å²) >= 11 is 0. The molecule has 0 radical (unpaired) electrons. The summed E-state index contributed by atoms with van der Waals surface area (Å²) in [5, 5.41) is 11.9. The number of hydrogen-bond donors (Lipinski definition) is 2. The van der Waals surface area contributed by atoms with Crippen molar-refractivity contribution >= 4 is 0 Å². The predicted octanol–water partition coefficient (Wildman–Crippen LogP) is 2.59. The zero-order chi connectivity index (χ0) is 12.1. The number of rotatable bonds is 5. The van der Waals surface area contributed by atoms with Gasteiger partial charge < -0.3 is 14.8 Å². The first-order chi connectivity index (χ1) is 8.31. The van der Waals surface area contributed by atoms with Crippen molar-refractivity contribution in [2.75, 3.05) is 13.2 Å². The molecule has 0 aliphatic carbocycles. The van der Waals surface area contributed by atoms with Gasteiger partial charge in [0, 0.05) is 12.1 Å². The standard InChI is InChI=1S/C14H17NO2/c1-11(15-9-10-16)13-7-8-14(17-13)12-5-3-2-4-6-12/h2-8,11,15-16H,9-10H2,1H3. The summed E-state index contributed by atoms with van der Waals surface area (Å²) in [6.07, 6.45) is 0. The fourth-order valence-electron chi connectivity index (χ4n) is 1.72. The molecule has 3 nitrogen and oxygen atoms in total. The van der Waals surface area contributed by atoms with Crippen LogP contribution in [0.4, 0.5) is 0 Å². The average Bonchev–Trinajstić information content (AvgIpc) is 2.86. The molecule has 90 valence electrons. The normalized spacial score (nSPS) is 12.6. The molecule has 0 aliphatic rings. The Kier molecular flexibility index (Phi) is 3.96. The summed E-state index contributed by atoms with van der Waals surface area (Å²) in [5.41, 5.74) is 1.08. The lowest BCUT2D eigenvalue weighted by Gasteiger charge is -2.09. The van der Waals surface area contributed by atoms with Crippen molar-refractivity contribution in [2.24, 2.45) is 0 Å². The summed E-state index contributed by atoms with van der Waals surface area (Å²) in [4.78, 5) is 0. The molecule has 0 fully saturated rings. The zero-order valence-electron chi connectivity index (χ0n) is 9.89. The van der Waals surface area contributed by atoms with E-state index in [1.165, 1.54) is 0 Å². The highest BCUT2D eigenvalue weighted by Gasteiger charge is 2.10. The van der Waals surface area contributed by atoms with Gasteiger partial charge in [0.05, 0.1) is 12.6 Å². The summed E-state index contributed by atoms with van der Waals surface area (Å²) in [6, 6.07) is 14.1. The van der Waals surface area contributed by atoms with Gasteiger partial charge in [-0.25, -0.2) is 0 Å². The minimum Gasteiger partial charge on any atom is -0.459 e. The molecule has 17 heavy (non-hydrogen) atoms. The van der Waals surface area contributed by atoms with Crippen molar-refractivity contribution in [3.05, 3.63) is 48.2 Å². The van der Waals surface area contributed by atoms with Crippen molar-refractivity contribution in [1.82, 2.24) is 5.32 Å². The second-order valence-corrected chi connectivity index (χ2v) is 3.97. The van der Waals surface area contributed by atoms with E-state index in [0.29, 0.717) is 6.54 Å². The van der Waals surface area contributed by atoms with Gasteiger partial charge in [-0.1, -0.05) is 30.3 Å². The van der Waals surface area contributed by atoms with E-state index < -0.39 is 0 Å². The Morgan fingerprint density at radius 2 is 1.94 bits per heavy atom. The molecule has 0 bridgehead atoms. The topological polar surface area (TPSA) is 45.4 Å². The van der Waals surface area contributed by atoms with Crippen molar-refractivity contribution in [2.45, 2.75) is 13.0 Å². The fourth-order valence-corrected chi connectivity index (χ4v) is 1.72. The van der Waals surface area contributed by atoms with Crippen LogP contribution in [0.2, 0.25) is 0 Å². The summed E-state index contributed by atoms with van der Waals surface area (Å²) < 4.78 is 5.78. The molecular formula is C14H17NO2. The molecular weight excluding hydrogens is 214 g/mol. The van der Waals surface area contributed by atoms with E-state index >= 15 is 0 Å². The van der Waals surface area contributed by atoms with Crippen LogP contribution in [0, 0.1) is 0 Å². The maximum atomic E-state index is 8.75. The Labute approximate surface area is 101 Å². The molecule has 1 heterocycles. The monoisotopic (exact) mass is 231 g/mol. The minimum absolute atomic E-state index is 0.111. The number of benzene rings is 1. The van der Waals surface area contributed by atoms with Gasteiger partial charge in [-0.15, -0.1) is 0 Å². The molecule has 2 aromatic rings. The molecule has 2 N–H and O–H groups in total. The van der Waals surface area contributed by atoms with Gasteiger partial charge in [-0.05, 0) is 19.1 Å². The molecule has 2 rings (SSSR count). The van der Waals surface area contributed by atoms with Crippen molar-refractivity contribution in [3.8, 4) is 11.3 Å². The van der Waals surface area contributed by atoms with Crippen LogP contribution >= 0.6 is 0 Å². The Bertz CT molecular complexity index is 450. The molecule has 1 atom stereocenters. The minimum atomic E-state index is 0.111. The molecule has 1 unspecified atom stereocenters. The summed E-state index contributed by atoms with van der Waals surface area (Å²) in [5.74, 6) is 1.76. The molecule has 0 spiro atoms. The van der Waals surface area contributed by atoms with E-state index in [1.54, 1.807) is 0 Å². The van der Waals surface area contributed by atoms with E-state index in [4.69, 9.17) is 9.52 Å². The first kappa shape index (κ1) is 11.9. The van der Waals surface area contributed by atoms with Gasteiger partial charge in [0.2, 0.25) is 0 Å². The SMILES string of the molecule is CC(NCCO)c1ccc(-c2ccccc2)o1. The number of hydrogen-bond acceptors (Lipinski definition) is 3. The van der Waals surface area contributed by atoms with Gasteiger partial charge in [-0.3, -0.25) is 0 Å². The fraction of sp³-hybridized carbons (Fsp3) is 0.286. The van der Waals surface area contributed by atoms with Crippen molar-refractivity contribution in [1.29, 1.82) is 0 Å². The third-order valence-corrected chi connectivity index (χ3v) is 2.67. The molecule has 0 saturated heterocycles. The zero-order valence-corrected chi connectivity index (χ0v) is 9.89. The first-order valence-corrected chi connectivity index (χ1v) is 5.80. The van der Waals surface area contributed by atoms with Crippen molar-refractivity contribution in [3.63, 3.8) is 0 Å². The van der Waals surface area contributed by atoms with Crippen LogP contribution in [0.5, 0.6) is 0 Å². The summed E-state index contributed by atoms with van der Waals surface area (Å²) in [6.45, 7) is 2.72. The van der Waals surface area contributed by atoms with E-state index in [1.807, 2.05) is 49.4 Å². The lowest BCUT2D eigenvalue weighted by molar-refractivity contribution is 0.282. The van der Waals surface area contributed by atoms with Crippen LogP contribution in [-0.2, 0) is 0 Å². The second kappa shape index (κ2) is 5.66. The van der Waals surface area contributed by atoms with Gasteiger partial charge >= 0.3 is 0 Å². The van der Waals surface area contributed by atoms with Crippen LogP contribution in [0.15, 0.2) is 46.9 Å². The van der Waals surface area contributed by atoms with Gasteiger partial charge in [0.1, 0.15) is 11.5 Å². The van der Waals surface area contributed by atoms with Crippen molar-refractivity contribution < 1.29 is 9.52 Å². The molecule has 1 aromatic heterocycles. The lowest BCUT2D eigenvalue weighted by atomic mass is 10.2. The van der Waals surface area contributed by atoms with Crippen LogP contribution in [-0.4, -0.2) is 18.3 Å². The number of nitrogens with one attached hydrogen (secondary N) is 1. The predicted molar refractivity (Wildman–Crippen MR) is 67.6 cm³/mol. The van der Waals surface area contributed by atoms with E-state index in [2.05, 4.69) is 5.32 Å². The van der Waals surface area contributed by atoms with E-state index in [9.17, 15) is 0 Å². The third-order valence-electron chi connectivity index (χ3n) is 2.67. The molecule has 3 heteroatoms. The maximum Gasteiger partial charge on any atom is 0.134 e. The number of aliphatic hydroxyl groups is 1. The van der Waals surface area contributed by atoms with Gasteiger partial charge in [0.25, 0.3) is 0 Å². The van der Waals surface area contributed by atoms with E-state index in [-0.39, 0.29) is 12.6 Å². The van der Waals surface area contributed by atoms with Gasteiger partial charge in [0.15, 0.2) is 0 Å². The van der Waals surface area contributed by atoms with Gasteiger partial charge in [-0.2, -0.15) is 0 Å². The Morgan fingerprint density at radius 3 is 2.65 bits per heavy atom. The molecule has 0 saturated carbocycles. The molecule has 0 aliphatic heterocycles. The number of furan rings is 1. The highest BCUT2D eigenvalue weighted by atomic mass is 16.3. The van der Waals surface area contributed by atoms with Crippen LogP contribution in [0.25, 0.3) is 11.3 Å². The maximum absolute atomic E-state index is 8.75. The van der Waals surface area contributed by atoms with Crippen LogP contribution < -0.4 is 5.32 Å². The lowest BCUT2D eigenvalue weighted by Crippen LogP contribution is -2.21. The highest BCUT2D eigenvalue weighted by Crippen LogP contribution is 2.24. The highest BCUT2D eigenvalue weighted by molar-refractivity contribution is 5.57. The smallest absolute Gasteiger partial charge is 0.134 e. The third kappa shape index (κ3) is 2.96. The van der Waals surface area contributed by atoms with Crippen LogP contribution in [0.1, 0.15) is 18.7 Å².